The molecule has 33 heavy (non-hydrogen) atoms. The Morgan fingerprint density at radius 3 is 2.79 bits per heavy atom. The molecule has 0 atom stereocenters. The zero-order chi connectivity index (χ0) is 23.2. The van der Waals surface area contributed by atoms with Crippen molar-refractivity contribution in [2.45, 2.75) is 25.7 Å². The second kappa shape index (κ2) is 11.2. The van der Waals surface area contributed by atoms with Crippen LogP contribution < -0.4 is 15.0 Å². The van der Waals surface area contributed by atoms with Gasteiger partial charge in [0.25, 0.3) is 0 Å². The summed E-state index contributed by atoms with van der Waals surface area (Å²) in [7, 11) is 1.66. The van der Waals surface area contributed by atoms with Gasteiger partial charge in [-0.3, -0.25) is 4.79 Å². The number of nitrogens with zero attached hydrogens (tertiary/aromatic N) is 3. The molecule has 4 rings (SSSR count). The minimum Gasteiger partial charge on any atom is -0.497 e. The molecule has 0 saturated carbocycles. The normalized spacial score (nSPS) is 14.3. The van der Waals surface area contributed by atoms with Crippen molar-refractivity contribution in [2.24, 2.45) is 5.92 Å². The predicted molar refractivity (Wildman–Crippen MR) is 134 cm³/mol. The first-order chi connectivity index (χ1) is 16.0. The molecule has 0 unspecified atom stereocenters. The van der Waals surface area contributed by atoms with E-state index in [1.165, 1.54) is 11.5 Å². The Morgan fingerprint density at radius 2 is 2.03 bits per heavy atom. The van der Waals surface area contributed by atoms with Crippen molar-refractivity contribution in [1.82, 2.24) is 14.7 Å². The molecule has 1 aromatic heterocycles. The van der Waals surface area contributed by atoms with Crippen LogP contribution in [-0.4, -0.2) is 42.0 Å². The van der Waals surface area contributed by atoms with Gasteiger partial charge in [-0.05, 0) is 54.7 Å². The summed E-state index contributed by atoms with van der Waals surface area (Å²) in [5.74, 6) is 1.77. The van der Waals surface area contributed by atoms with Crippen molar-refractivity contribution >= 4 is 45.8 Å². The fourth-order valence-corrected chi connectivity index (χ4v) is 5.17. The summed E-state index contributed by atoms with van der Waals surface area (Å²) in [4.78, 5) is 19.6. The molecule has 3 aromatic rings. The van der Waals surface area contributed by atoms with E-state index in [4.69, 9.17) is 32.9 Å². The monoisotopic (exact) mass is 504 g/mol. The minimum absolute atomic E-state index is 0.0196. The lowest BCUT2D eigenvalue weighted by Crippen LogP contribution is -2.41. The van der Waals surface area contributed by atoms with Crippen molar-refractivity contribution in [3.05, 3.63) is 69.5 Å². The number of piperidine rings is 1. The van der Waals surface area contributed by atoms with Crippen LogP contribution in [0.15, 0.2) is 42.5 Å². The standard InChI is InChI=1S/C24H26Cl2N4O2S/c1-32-20-4-2-3-16(13-20)14-22-28-24(33-29-22)30-11-8-18(9-12-30)23(31)27-10-7-17-5-6-19(25)15-21(17)26/h2-6,13,15,18H,7-12,14H2,1H3,(H,27,31). The number of ether oxygens (including phenoxy) is 1. The van der Waals surface area contributed by atoms with E-state index < -0.39 is 0 Å². The first-order valence-corrected chi connectivity index (χ1v) is 12.5. The van der Waals surface area contributed by atoms with Gasteiger partial charge in [0.1, 0.15) is 11.6 Å². The molecule has 2 heterocycles. The second-order valence-corrected chi connectivity index (χ2v) is 9.63. The summed E-state index contributed by atoms with van der Waals surface area (Å²) in [6.45, 7) is 2.16. The van der Waals surface area contributed by atoms with Crippen molar-refractivity contribution in [3.8, 4) is 5.75 Å². The summed E-state index contributed by atoms with van der Waals surface area (Å²) in [5.41, 5.74) is 2.10. The molecule has 0 bridgehead atoms. The van der Waals surface area contributed by atoms with E-state index >= 15 is 0 Å². The van der Waals surface area contributed by atoms with E-state index in [2.05, 4.69) is 14.6 Å². The SMILES string of the molecule is COc1cccc(Cc2nsc(N3CCC(C(=O)NCCc4ccc(Cl)cc4Cl)CC3)n2)c1. The number of rotatable bonds is 8. The molecule has 6 nitrogen and oxygen atoms in total. The number of amides is 1. The van der Waals surface area contributed by atoms with Crippen molar-refractivity contribution in [2.75, 3.05) is 31.6 Å². The zero-order valence-corrected chi connectivity index (χ0v) is 20.7. The van der Waals surface area contributed by atoms with E-state index in [0.29, 0.717) is 29.4 Å². The van der Waals surface area contributed by atoms with Gasteiger partial charge in [0, 0.05) is 53.6 Å². The van der Waals surface area contributed by atoms with E-state index in [0.717, 1.165) is 53.8 Å². The summed E-state index contributed by atoms with van der Waals surface area (Å²) in [6, 6.07) is 13.4. The first kappa shape index (κ1) is 23.8. The number of hydrogen-bond acceptors (Lipinski definition) is 6. The molecule has 1 fully saturated rings. The Morgan fingerprint density at radius 1 is 1.21 bits per heavy atom. The summed E-state index contributed by atoms with van der Waals surface area (Å²) in [5, 5.41) is 5.22. The number of anilines is 1. The van der Waals surface area contributed by atoms with Gasteiger partial charge in [-0.1, -0.05) is 41.4 Å². The van der Waals surface area contributed by atoms with Gasteiger partial charge in [-0.2, -0.15) is 4.37 Å². The minimum atomic E-state index is 0.0196. The van der Waals surface area contributed by atoms with Crippen molar-refractivity contribution in [3.63, 3.8) is 0 Å². The fraction of sp³-hybridized carbons (Fsp3) is 0.375. The quantitative estimate of drug-likeness (QED) is 0.466. The number of carbonyl (C=O) groups is 1. The molecule has 0 aliphatic carbocycles. The lowest BCUT2D eigenvalue weighted by Gasteiger charge is -2.30. The largest absolute Gasteiger partial charge is 0.497 e. The predicted octanol–water partition coefficient (Wildman–Crippen LogP) is 5.02. The van der Waals surface area contributed by atoms with Crippen LogP contribution in [0.5, 0.6) is 5.75 Å². The lowest BCUT2D eigenvalue weighted by atomic mass is 9.96. The molecule has 1 aliphatic rings. The van der Waals surface area contributed by atoms with Crippen LogP contribution in [0.3, 0.4) is 0 Å². The van der Waals surface area contributed by atoms with Gasteiger partial charge in [0.05, 0.1) is 7.11 Å². The number of halogens is 2. The van der Waals surface area contributed by atoms with E-state index in [1.807, 2.05) is 36.4 Å². The third kappa shape index (κ3) is 6.37. The van der Waals surface area contributed by atoms with Crippen LogP contribution in [0, 0.1) is 5.92 Å². The summed E-state index contributed by atoms with van der Waals surface area (Å²) in [6.07, 6.45) is 2.96. The zero-order valence-electron chi connectivity index (χ0n) is 18.4. The molecule has 1 N–H and O–H groups in total. The second-order valence-electron chi connectivity index (χ2n) is 8.06. The third-order valence-corrected chi connectivity index (χ3v) is 7.20. The molecule has 0 radical (unpaired) electrons. The average molecular weight is 505 g/mol. The van der Waals surface area contributed by atoms with Crippen molar-refractivity contribution < 1.29 is 9.53 Å². The molecule has 1 saturated heterocycles. The smallest absolute Gasteiger partial charge is 0.223 e. The molecule has 2 aromatic carbocycles. The Hall–Kier alpha value is -2.35. The maximum absolute atomic E-state index is 12.6. The van der Waals surface area contributed by atoms with E-state index in [9.17, 15) is 4.79 Å². The Kier molecular flexibility index (Phi) is 8.06. The van der Waals surface area contributed by atoms with Crippen LogP contribution >= 0.6 is 34.7 Å². The average Bonchev–Trinajstić information content (AvgIpc) is 3.29. The molecule has 1 aliphatic heterocycles. The van der Waals surface area contributed by atoms with Gasteiger partial charge >= 0.3 is 0 Å². The molecule has 174 valence electrons. The summed E-state index contributed by atoms with van der Waals surface area (Å²) >= 11 is 13.6. The Bertz CT molecular complexity index is 1100. The number of nitrogens with one attached hydrogen (secondary N) is 1. The highest BCUT2D eigenvalue weighted by atomic mass is 35.5. The van der Waals surface area contributed by atoms with E-state index in [-0.39, 0.29) is 11.8 Å². The lowest BCUT2D eigenvalue weighted by molar-refractivity contribution is -0.125. The molecule has 0 spiro atoms. The number of methoxy groups -OCH3 is 1. The fourth-order valence-electron chi connectivity index (χ4n) is 3.93. The number of aromatic nitrogens is 2. The van der Waals surface area contributed by atoms with E-state index in [1.54, 1.807) is 13.2 Å². The highest BCUT2D eigenvalue weighted by Crippen LogP contribution is 2.26. The highest BCUT2D eigenvalue weighted by molar-refractivity contribution is 7.09. The highest BCUT2D eigenvalue weighted by Gasteiger charge is 2.26. The molecule has 1 amide bonds. The molecular weight excluding hydrogens is 479 g/mol. The number of hydrogen-bond donors (Lipinski definition) is 1. The van der Waals surface area contributed by atoms with Gasteiger partial charge in [-0.15, -0.1) is 0 Å². The number of benzene rings is 2. The van der Waals surface area contributed by atoms with Crippen molar-refractivity contribution in [1.29, 1.82) is 0 Å². The van der Waals surface area contributed by atoms with Crippen LogP contribution in [0.25, 0.3) is 0 Å². The van der Waals surface area contributed by atoms with Gasteiger partial charge in [-0.25, -0.2) is 4.98 Å². The number of carbonyl (C=O) groups excluding carboxylic acids is 1. The first-order valence-electron chi connectivity index (χ1n) is 10.9. The van der Waals surface area contributed by atoms with Gasteiger partial charge < -0.3 is 15.0 Å². The maximum atomic E-state index is 12.6. The molecule has 9 heteroatoms. The van der Waals surface area contributed by atoms with Crippen LogP contribution in [0.1, 0.15) is 29.8 Å². The Labute approximate surface area is 208 Å². The van der Waals surface area contributed by atoms with Crippen LogP contribution in [0.2, 0.25) is 10.0 Å². The van der Waals surface area contributed by atoms with Crippen LogP contribution in [0.4, 0.5) is 5.13 Å². The molecular formula is C24H26Cl2N4O2S. The summed E-state index contributed by atoms with van der Waals surface area (Å²) < 4.78 is 9.82. The topological polar surface area (TPSA) is 67.3 Å². The third-order valence-electron chi connectivity index (χ3n) is 5.80. The van der Waals surface area contributed by atoms with Gasteiger partial charge in [0.2, 0.25) is 11.0 Å². The maximum Gasteiger partial charge on any atom is 0.223 e. The van der Waals surface area contributed by atoms with Crippen LogP contribution in [-0.2, 0) is 17.6 Å². The van der Waals surface area contributed by atoms with Gasteiger partial charge in [0.15, 0.2) is 0 Å². The Balaban J connectivity index is 1.23.